The van der Waals surface area contributed by atoms with Crippen LogP contribution in [0.25, 0.3) is 0 Å². The van der Waals surface area contributed by atoms with Crippen LogP contribution in [0, 0.1) is 0 Å². The van der Waals surface area contributed by atoms with Gasteiger partial charge in [-0.15, -0.1) is 0 Å². The average molecular weight is 390 g/mol. The summed E-state index contributed by atoms with van der Waals surface area (Å²) < 4.78 is 42.9. The van der Waals surface area contributed by atoms with E-state index >= 15 is 0 Å². The van der Waals surface area contributed by atoms with Gasteiger partial charge >= 0.3 is 12.1 Å². The highest BCUT2D eigenvalue weighted by atomic mass is 19.4. The number of rotatable bonds is 6. The molecule has 1 aromatic heterocycles. The summed E-state index contributed by atoms with van der Waals surface area (Å²) in [7, 11) is 1.29. The van der Waals surface area contributed by atoms with Crippen molar-refractivity contribution in [2.45, 2.75) is 12.7 Å². The van der Waals surface area contributed by atoms with Crippen molar-refractivity contribution in [1.82, 2.24) is 9.97 Å². The van der Waals surface area contributed by atoms with Crippen LogP contribution in [-0.2, 0) is 17.5 Å². The Morgan fingerprint density at radius 2 is 1.89 bits per heavy atom. The van der Waals surface area contributed by atoms with Gasteiger partial charge in [-0.05, 0) is 42.5 Å². The zero-order valence-electron chi connectivity index (χ0n) is 14.8. The lowest BCUT2D eigenvalue weighted by atomic mass is 10.1. The number of H-pyrrole nitrogens is 1. The number of imidazole rings is 1. The Morgan fingerprint density at radius 3 is 2.50 bits per heavy atom. The Labute approximate surface area is 158 Å². The van der Waals surface area contributed by atoms with Crippen LogP contribution in [0.3, 0.4) is 0 Å². The first-order valence-electron chi connectivity index (χ1n) is 8.24. The predicted octanol–water partition coefficient (Wildman–Crippen LogP) is 4.57. The van der Waals surface area contributed by atoms with E-state index in [4.69, 9.17) is 4.74 Å². The number of esters is 1. The molecule has 0 bridgehead atoms. The summed E-state index contributed by atoms with van der Waals surface area (Å²) in [6.45, 7) is 0.409. The highest BCUT2D eigenvalue weighted by molar-refractivity contribution is 5.92. The third kappa shape index (κ3) is 4.61. The number of hydrogen-bond donors (Lipinski definition) is 3. The van der Waals surface area contributed by atoms with E-state index in [0.29, 0.717) is 29.2 Å². The Kier molecular flexibility index (Phi) is 5.53. The molecular formula is C19H17F3N4O2. The molecule has 0 amide bonds. The number of benzene rings is 2. The molecule has 146 valence electrons. The molecule has 0 unspecified atom stereocenters. The van der Waals surface area contributed by atoms with Gasteiger partial charge in [0.05, 0.1) is 48.2 Å². The third-order valence-corrected chi connectivity index (χ3v) is 3.96. The van der Waals surface area contributed by atoms with Crippen LogP contribution in [0.1, 0.15) is 21.6 Å². The fraction of sp³-hybridized carbons (Fsp3) is 0.158. The van der Waals surface area contributed by atoms with E-state index in [0.717, 1.165) is 17.8 Å². The minimum Gasteiger partial charge on any atom is -0.465 e. The second-order valence-electron chi connectivity index (χ2n) is 5.88. The SMILES string of the molecule is COC(=O)c1ccc(Nc2ccc(C(F)(F)F)cc2)c(NCc2cnc[nH]2)c1. The maximum absolute atomic E-state index is 12.7. The Morgan fingerprint density at radius 1 is 1.14 bits per heavy atom. The number of methoxy groups -OCH3 is 1. The van der Waals surface area contributed by atoms with Crippen molar-refractivity contribution < 1.29 is 22.7 Å². The van der Waals surface area contributed by atoms with Crippen LogP contribution in [0.2, 0.25) is 0 Å². The molecule has 0 fully saturated rings. The maximum atomic E-state index is 12.7. The molecule has 28 heavy (non-hydrogen) atoms. The molecule has 2 aromatic carbocycles. The van der Waals surface area contributed by atoms with E-state index in [-0.39, 0.29) is 0 Å². The number of nitrogens with one attached hydrogen (secondary N) is 3. The predicted molar refractivity (Wildman–Crippen MR) is 98.4 cm³/mol. The monoisotopic (exact) mass is 390 g/mol. The summed E-state index contributed by atoms with van der Waals surface area (Å²) in [5, 5.41) is 6.23. The molecular weight excluding hydrogens is 373 g/mol. The van der Waals surface area contributed by atoms with Gasteiger partial charge in [-0.1, -0.05) is 0 Å². The Hall–Kier alpha value is -3.49. The fourth-order valence-electron chi connectivity index (χ4n) is 2.51. The van der Waals surface area contributed by atoms with Crippen LogP contribution in [0.5, 0.6) is 0 Å². The standard InChI is InChI=1S/C19H17F3N4O2/c1-28-18(27)12-2-7-16(17(8-12)24-10-15-9-23-11-25-15)26-14-5-3-13(4-6-14)19(20,21)22/h2-9,11,24,26H,10H2,1H3,(H,23,25). The molecule has 3 aromatic rings. The van der Waals surface area contributed by atoms with Gasteiger partial charge in [-0.2, -0.15) is 13.2 Å². The van der Waals surface area contributed by atoms with Crippen LogP contribution >= 0.6 is 0 Å². The van der Waals surface area contributed by atoms with Gasteiger partial charge in [0.2, 0.25) is 0 Å². The molecule has 0 saturated carbocycles. The summed E-state index contributed by atoms with van der Waals surface area (Å²) in [5.41, 5.74) is 2.08. The van der Waals surface area contributed by atoms with Gasteiger partial charge in [-0.3, -0.25) is 0 Å². The number of nitrogens with zero attached hydrogens (tertiary/aromatic N) is 1. The fourth-order valence-corrected chi connectivity index (χ4v) is 2.51. The number of hydrogen-bond acceptors (Lipinski definition) is 5. The molecule has 0 aliphatic rings. The van der Waals surface area contributed by atoms with Crippen LogP contribution in [0.4, 0.5) is 30.2 Å². The summed E-state index contributed by atoms with van der Waals surface area (Å²) in [5.74, 6) is -0.495. The Bertz CT molecular complexity index is 939. The van der Waals surface area contributed by atoms with Crippen molar-refractivity contribution >= 4 is 23.0 Å². The zero-order chi connectivity index (χ0) is 20.1. The lowest BCUT2D eigenvalue weighted by Crippen LogP contribution is -2.07. The summed E-state index contributed by atoms with van der Waals surface area (Å²) in [6.07, 6.45) is -1.19. The number of carbonyl (C=O) groups is 1. The highest BCUT2D eigenvalue weighted by Gasteiger charge is 2.29. The smallest absolute Gasteiger partial charge is 0.416 e. The molecule has 3 rings (SSSR count). The van der Waals surface area contributed by atoms with Crippen LogP contribution in [-0.4, -0.2) is 23.0 Å². The largest absolute Gasteiger partial charge is 0.465 e. The lowest BCUT2D eigenvalue weighted by molar-refractivity contribution is -0.137. The average Bonchev–Trinajstić information content (AvgIpc) is 3.20. The van der Waals surface area contributed by atoms with Crippen molar-refractivity contribution in [3.05, 3.63) is 71.8 Å². The summed E-state index contributed by atoms with van der Waals surface area (Å²) in [4.78, 5) is 18.7. The quantitative estimate of drug-likeness (QED) is 0.538. The molecule has 0 saturated heterocycles. The van der Waals surface area contributed by atoms with Gasteiger partial charge < -0.3 is 20.4 Å². The summed E-state index contributed by atoms with van der Waals surface area (Å²) in [6, 6.07) is 9.52. The maximum Gasteiger partial charge on any atom is 0.416 e. The number of alkyl halides is 3. The van der Waals surface area contributed by atoms with Crippen molar-refractivity contribution in [3.8, 4) is 0 Å². The van der Waals surface area contributed by atoms with Crippen LogP contribution < -0.4 is 10.6 Å². The number of aromatic amines is 1. The third-order valence-electron chi connectivity index (χ3n) is 3.96. The second-order valence-corrected chi connectivity index (χ2v) is 5.88. The number of carbonyl (C=O) groups excluding carboxylic acids is 1. The topological polar surface area (TPSA) is 79.0 Å². The lowest BCUT2D eigenvalue weighted by Gasteiger charge is -2.15. The molecule has 0 radical (unpaired) electrons. The zero-order valence-corrected chi connectivity index (χ0v) is 14.8. The van der Waals surface area contributed by atoms with E-state index in [9.17, 15) is 18.0 Å². The van der Waals surface area contributed by atoms with Crippen molar-refractivity contribution in [1.29, 1.82) is 0 Å². The van der Waals surface area contributed by atoms with Crippen molar-refractivity contribution in [2.75, 3.05) is 17.7 Å². The number of aromatic nitrogens is 2. The normalized spacial score (nSPS) is 11.1. The Balaban J connectivity index is 1.84. The highest BCUT2D eigenvalue weighted by Crippen LogP contribution is 2.32. The molecule has 0 aliphatic heterocycles. The molecule has 1 heterocycles. The van der Waals surface area contributed by atoms with Gasteiger partial charge in [0.15, 0.2) is 0 Å². The van der Waals surface area contributed by atoms with Crippen LogP contribution in [0.15, 0.2) is 55.0 Å². The van der Waals surface area contributed by atoms with E-state index in [1.807, 2.05) is 0 Å². The summed E-state index contributed by atoms with van der Waals surface area (Å²) >= 11 is 0. The van der Waals surface area contributed by atoms with E-state index in [1.54, 1.807) is 30.7 Å². The molecule has 0 atom stereocenters. The van der Waals surface area contributed by atoms with Gasteiger partial charge in [0, 0.05) is 11.9 Å². The van der Waals surface area contributed by atoms with Gasteiger partial charge in [0.1, 0.15) is 0 Å². The number of ether oxygens (including phenoxy) is 1. The van der Waals surface area contributed by atoms with E-state index in [1.165, 1.54) is 19.2 Å². The first-order valence-corrected chi connectivity index (χ1v) is 8.24. The van der Waals surface area contributed by atoms with E-state index in [2.05, 4.69) is 20.6 Å². The van der Waals surface area contributed by atoms with E-state index < -0.39 is 17.7 Å². The molecule has 0 spiro atoms. The second kappa shape index (κ2) is 8.03. The van der Waals surface area contributed by atoms with Gasteiger partial charge in [-0.25, -0.2) is 9.78 Å². The number of anilines is 3. The van der Waals surface area contributed by atoms with Crippen molar-refractivity contribution in [2.24, 2.45) is 0 Å². The first kappa shape index (κ1) is 19.3. The van der Waals surface area contributed by atoms with Gasteiger partial charge in [0.25, 0.3) is 0 Å². The number of halogens is 3. The molecule has 6 nitrogen and oxygen atoms in total. The minimum absolute atomic E-state index is 0.340. The first-order chi connectivity index (χ1) is 13.4. The molecule has 9 heteroatoms. The molecule has 0 aliphatic carbocycles. The minimum atomic E-state index is -4.39. The molecule has 3 N–H and O–H groups in total. The van der Waals surface area contributed by atoms with Crippen molar-refractivity contribution in [3.63, 3.8) is 0 Å².